The molecule has 1 aromatic carbocycles. The molecule has 0 aliphatic rings. The number of furan rings is 1. The van der Waals surface area contributed by atoms with Gasteiger partial charge in [-0.25, -0.2) is 4.39 Å². The standard InChI is InChI=1S/C18H12FN3O2S/c1-11-2-8-14(24-11)10-15-17(23)22-18(25-15)20-16(21-22)9-5-12-3-6-13(19)7-4-12/h2-10H,1H3/b9-5+,15-10+. The van der Waals surface area contributed by atoms with Gasteiger partial charge in [0, 0.05) is 6.08 Å². The Kier molecular flexibility index (Phi) is 3.77. The lowest BCUT2D eigenvalue weighted by Crippen LogP contribution is -2.23. The summed E-state index contributed by atoms with van der Waals surface area (Å²) in [5.41, 5.74) is 0.590. The van der Waals surface area contributed by atoms with Crippen molar-refractivity contribution < 1.29 is 8.81 Å². The van der Waals surface area contributed by atoms with Crippen molar-refractivity contribution >= 4 is 34.5 Å². The van der Waals surface area contributed by atoms with Crippen molar-refractivity contribution in [2.45, 2.75) is 6.92 Å². The van der Waals surface area contributed by atoms with E-state index in [1.165, 1.54) is 28.0 Å². The molecule has 0 fully saturated rings. The summed E-state index contributed by atoms with van der Waals surface area (Å²) < 4.78 is 20.1. The minimum absolute atomic E-state index is 0.233. The van der Waals surface area contributed by atoms with Gasteiger partial charge in [-0.05, 0) is 42.8 Å². The smallest absolute Gasteiger partial charge is 0.291 e. The highest BCUT2D eigenvalue weighted by Gasteiger charge is 2.09. The van der Waals surface area contributed by atoms with Crippen LogP contribution in [0.4, 0.5) is 4.39 Å². The molecule has 0 aliphatic heterocycles. The number of thiazole rings is 1. The molecule has 4 rings (SSSR count). The molecule has 25 heavy (non-hydrogen) atoms. The summed E-state index contributed by atoms with van der Waals surface area (Å²) in [5, 5.41) is 4.20. The second-order valence-electron chi connectivity index (χ2n) is 5.41. The average Bonchev–Trinajstić information content (AvgIpc) is 3.25. The predicted molar refractivity (Wildman–Crippen MR) is 94.7 cm³/mol. The van der Waals surface area contributed by atoms with E-state index in [0.29, 0.717) is 21.1 Å². The first-order valence-corrected chi connectivity index (χ1v) is 8.31. The Labute approximate surface area is 145 Å². The van der Waals surface area contributed by atoms with Gasteiger partial charge in [-0.3, -0.25) is 4.79 Å². The lowest BCUT2D eigenvalue weighted by atomic mass is 10.2. The van der Waals surface area contributed by atoms with E-state index in [2.05, 4.69) is 10.1 Å². The molecule has 0 spiro atoms. The van der Waals surface area contributed by atoms with Crippen molar-refractivity contribution in [3.63, 3.8) is 0 Å². The topological polar surface area (TPSA) is 60.4 Å². The number of fused-ring (bicyclic) bond motifs is 1. The molecule has 124 valence electrons. The molecule has 0 saturated heterocycles. The summed E-state index contributed by atoms with van der Waals surface area (Å²) in [5.74, 6) is 1.54. The van der Waals surface area contributed by atoms with E-state index in [1.807, 2.05) is 19.1 Å². The Bertz CT molecular complexity index is 1190. The number of hydrogen-bond acceptors (Lipinski definition) is 5. The highest BCUT2D eigenvalue weighted by atomic mass is 32.1. The van der Waals surface area contributed by atoms with Crippen molar-refractivity contribution in [1.82, 2.24) is 14.6 Å². The Morgan fingerprint density at radius 2 is 1.96 bits per heavy atom. The second kappa shape index (κ2) is 6.10. The fourth-order valence-corrected chi connectivity index (χ4v) is 3.22. The van der Waals surface area contributed by atoms with Gasteiger partial charge in [-0.15, -0.1) is 5.10 Å². The quantitative estimate of drug-likeness (QED) is 0.568. The normalized spacial score (nSPS) is 12.6. The van der Waals surface area contributed by atoms with E-state index in [0.717, 1.165) is 11.3 Å². The van der Waals surface area contributed by atoms with Gasteiger partial charge < -0.3 is 4.42 Å². The molecule has 0 atom stereocenters. The minimum atomic E-state index is -0.288. The molecule has 0 saturated carbocycles. The van der Waals surface area contributed by atoms with Crippen LogP contribution in [0.5, 0.6) is 0 Å². The van der Waals surface area contributed by atoms with E-state index >= 15 is 0 Å². The lowest BCUT2D eigenvalue weighted by Gasteiger charge is -1.91. The number of rotatable bonds is 3. The lowest BCUT2D eigenvalue weighted by molar-refractivity contribution is 0.525. The van der Waals surface area contributed by atoms with Crippen LogP contribution in [0.3, 0.4) is 0 Å². The van der Waals surface area contributed by atoms with Crippen LogP contribution in [0.1, 0.15) is 22.9 Å². The molecule has 0 N–H and O–H groups in total. The first-order valence-electron chi connectivity index (χ1n) is 7.50. The first-order chi connectivity index (χ1) is 12.1. The van der Waals surface area contributed by atoms with Crippen LogP contribution in [0, 0.1) is 12.7 Å². The molecular weight excluding hydrogens is 341 g/mol. The zero-order valence-electron chi connectivity index (χ0n) is 13.1. The predicted octanol–water partition coefficient (Wildman–Crippen LogP) is 2.91. The SMILES string of the molecule is Cc1ccc(/C=c2/sc3nc(/C=C/c4ccc(F)cc4)nn3c2=O)o1. The summed E-state index contributed by atoms with van der Waals surface area (Å²) in [6, 6.07) is 9.72. The van der Waals surface area contributed by atoms with Crippen LogP contribution in [0.25, 0.3) is 23.2 Å². The van der Waals surface area contributed by atoms with E-state index in [1.54, 1.807) is 30.4 Å². The van der Waals surface area contributed by atoms with Crippen molar-refractivity contribution in [1.29, 1.82) is 0 Å². The first kappa shape index (κ1) is 15.5. The molecule has 0 unspecified atom stereocenters. The number of aryl methyl sites for hydroxylation is 1. The molecule has 5 nitrogen and oxygen atoms in total. The molecular formula is C18H12FN3O2S. The van der Waals surface area contributed by atoms with Gasteiger partial charge in [0.25, 0.3) is 5.56 Å². The number of halogens is 1. The third kappa shape index (κ3) is 3.14. The van der Waals surface area contributed by atoms with Gasteiger partial charge >= 0.3 is 0 Å². The molecule has 3 heterocycles. The molecule has 4 aromatic rings. The van der Waals surface area contributed by atoms with Crippen LogP contribution in [-0.4, -0.2) is 14.6 Å². The molecule has 3 aromatic heterocycles. The largest absolute Gasteiger partial charge is 0.462 e. The third-order valence-corrected chi connectivity index (χ3v) is 4.49. The fraction of sp³-hybridized carbons (Fsp3) is 0.0556. The van der Waals surface area contributed by atoms with Crippen molar-refractivity contribution in [2.75, 3.05) is 0 Å². The van der Waals surface area contributed by atoms with Gasteiger partial charge in [-0.1, -0.05) is 29.5 Å². The van der Waals surface area contributed by atoms with E-state index in [-0.39, 0.29) is 11.4 Å². The molecule has 0 radical (unpaired) electrons. The highest BCUT2D eigenvalue weighted by Crippen LogP contribution is 2.10. The van der Waals surface area contributed by atoms with Crippen molar-refractivity contribution in [2.24, 2.45) is 0 Å². The number of hydrogen-bond donors (Lipinski definition) is 0. The number of benzene rings is 1. The number of nitrogens with zero attached hydrogens (tertiary/aromatic N) is 3. The van der Waals surface area contributed by atoms with Crippen LogP contribution < -0.4 is 10.1 Å². The minimum Gasteiger partial charge on any atom is -0.462 e. The van der Waals surface area contributed by atoms with E-state index in [4.69, 9.17) is 4.42 Å². The van der Waals surface area contributed by atoms with Crippen molar-refractivity contribution in [3.8, 4) is 0 Å². The van der Waals surface area contributed by atoms with Gasteiger partial charge in [0.15, 0.2) is 5.82 Å². The average molecular weight is 353 g/mol. The monoisotopic (exact) mass is 353 g/mol. The third-order valence-electron chi connectivity index (χ3n) is 3.53. The second-order valence-corrected chi connectivity index (χ2v) is 6.42. The zero-order valence-corrected chi connectivity index (χ0v) is 14.0. The Morgan fingerprint density at radius 3 is 2.64 bits per heavy atom. The molecule has 0 amide bonds. The van der Waals surface area contributed by atoms with Crippen LogP contribution in [0.15, 0.2) is 45.6 Å². The zero-order chi connectivity index (χ0) is 17.4. The maximum absolute atomic E-state index is 12.9. The summed E-state index contributed by atoms with van der Waals surface area (Å²) in [7, 11) is 0. The highest BCUT2D eigenvalue weighted by molar-refractivity contribution is 7.15. The summed E-state index contributed by atoms with van der Waals surface area (Å²) in [6.45, 7) is 1.85. The Hall–Kier alpha value is -3.06. The van der Waals surface area contributed by atoms with Crippen LogP contribution in [-0.2, 0) is 0 Å². The molecule has 7 heteroatoms. The van der Waals surface area contributed by atoms with E-state index < -0.39 is 0 Å². The molecule has 0 bridgehead atoms. The number of aromatic nitrogens is 3. The maximum Gasteiger partial charge on any atom is 0.291 e. The fourth-order valence-electron chi connectivity index (χ4n) is 2.32. The van der Waals surface area contributed by atoms with Gasteiger partial charge in [0.1, 0.15) is 21.9 Å². The van der Waals surface area contributed by atoms with E-state index in [9.17, 15) is 9.18 Å². The summed E-state index contributed by atoms with van der Waals surface area (Å²) in [4.78, 5) is 17.2. The van der Waals surface area contributed by atoms with Gasteiger partial charge in [0.2, 0.25) is 4.96 Å². The maximum atomic E-state index is 12.9. The Balaban J connectivity index is 1.67. The molecule has 0 aliphatic carbocycles. The summed E-state index contributed by atoms with van der Waals surface area (Å²) in [6.07, 6.45) is 5.14. The summed E-state index contributed by atoms with van der Waals surface area (Å²) >= 11 is 1.25. The van der Waals surface area contributed by atoms with Gasteiger partial charge in [0.05, 0.1) is 0 Å². The Morgan fingerprint density at radius 1 is 1.16 bits per heavy atom. The van der Waals surface area contributed by atoms with Crippen molar-refractivity contribution in [3.05, 3.63) is 80.0 Å². The van der Waals surface area contributed by atoms with Gasteiger partial charge in [-0.2, -0.15) is 9.50 Å². The van der Waals surface area contributed by atoms with Crippen LogP contribution >= 0.6 is 11.3 Å². The van der Waals surface area contributed by atoms with Crippen LogP contribution in [0.2, 0.25) is 0 Å².